The molecule has 0 aliphatic carbocycles. The summed E-state index contributed by atoms with van der Waals surface area (Å²) in [5.74, 6) is 0.763. The second-order valence-corrected chi connectivity index (χ2v) is 7.69. The van der Waals surface area contributed by atoms with Gasteiger partial charge in [-0.15, -0.1) is 0 Å². The average molecular weight is 411 g/mol. The van der Waals surface area contributed by atoms with Crippen LogP contribution in [0.5, 0.6) is 0 Å². The quantitative estimate of drug-likeness (QED) is 0.497. The third-order valence-electron chi connectivity index (χ3n) is 5.02. The highest BCUT2D eigenvalue weighted by Gasteiger charge is 2.25. The van der Waals surface area contributed by atoms with E-state index in [1.54, 1.807) is 18.5 Å². The first-order valence-corrected chi connectivity index (χ1v) is 10.3. The van der Waals surface area contributed by atoms with Gasteiger partial charge >= 0.3 is 0 Å². The molecule has 1 atom stereocenters. The number of aromatic amines is 1. The predicted molar refractivity (Wildman–Crippen MR) is 121 cm³/mol. The SMILES string of the molecule is CNc1cc(-c2c[nH]c(=O)c(N[C@@H]3CCN(C(=O)/C=C/CNC(C)C)C3)c2)ccn1. The maximum absolute atomic E-state index is 12.4. The molecule has 1 aliphatic heterocycles. The van der Waals surface area contributed by atoms with Gasteiger partial charge in [0.25, 0.3) is 5.56 Å². The van der Waals surface area contributed by atoms with Crippen LogP contribution in [0.25, 0.3) is 11.1 Å². The first kappa shape index (κ1) is 21.6. The van der Waals surface area contributed by atoms with Crippen molar-refractivity contribution >= 4 is 17.4 Å². The van der Waals surface area contributed by atoms with Crippen molar-refractivity contribution in [3.05, 3.63) is 53.1 Å². The zero-order chi connectivity index (χ0) is 21.5. The summed E-state index contributed by atoms with van der Waals surface area (Å²) >= 11 is 0. The van der Waals surface area contributed by atoms with Gasteiger partial charge in [0, 0.05) is 62.8 Å². The summed E-state index contributed by atoms with van der Waals surface area (Å²) in [6.07, 6.45) is 7.69. The topological polar surface area (TPSA) is 102 Å². The van der Waals surface area contributed by atoms with Gasteiger partial charge in [-0.25, -0.2) is 4.98 Å². The van der Waals surface area contributed by atoms with Crippen molar-refractivity contribution in [3.63, 3.8) is 0 Å². The van der Waals surface area contributed by atoms with Crippen LogP contribution in [-0.4, -0.2) is 59.5 Å². The molecule has 0 spiro atoms. The van der Waals surface area contributed by atoms with E-state index >= 15 is 0 Å². The van der Waals surface area contributed by atoms with Crippen LogP contribution in [0.4, 0.5) is 11.5 Å². The van der Waals surface area contributed by atoms with E-state index in [9.17, 15) is 9.59 Å². The fraction of sp³-hybridized carbons (Fsp3) is 0.409. The molecule has 0 aromatic carbocycles. The molecule has 1 amide bonds. The Morgan fingerprint density at radius 2 is 2.20 bits per heavy atom. The van der Waals surface area contributed by atoms with Crippen molar-refractivity contribution in [1.29, 1.82) is 0 Å². The second kappa shape index (κ2) is 10.1. The van der Waals surface area contributed by atoms with Crippen molar-refractivity contribution in [2.45, 2.75) is 32.4 Å². The van der Waals surface area contributed by atoms with Crippen LogP contribution >= 0.6 is 0 Å². The molecule has 0 unspecified atom stereocenters. The Labute approximate surface area is 176 Å². The summed E-state index contributed by atoms with van der Waals surface area (Å²) in [7, 11) is 1.81. The average Bonchev–Trinajstić information content (AvgIpc) is 3.21. The molecule has 3 heterocycles. The molecule has 2 aromatic heterocycles. The maximum atomic E-state index is 12.4. The van der Waals surface area contributed by atoms with Gasteiger partial charge in [-0.3, -0.25) is 9.59 Å². The summed E-state index contributed by atoms with van der Waals surface area (Å²) in [5, 5.41) is 9.57. The molecule has 0 bridgehead atoms. The number of nitrogens with one attached hydrogen (secondary N) is 4. The van der Waals surface area contributed by atoms with Crippen molar-refractivity contribution in [1.82, 2.24) is 20.2 Å². The highest BCUT2D eigenvalue weighted by Crippen LogP contribution is 2.22. The number of hydrogen-bond acceptors (Lipinski definition) is 6. The number of hydrogen-bond donors (Lipinski definition) is 4. The minimum absolute atomic E-state index is 0.00361. The third-order valence-corrected chi connectivity index (χ3v) is 5.02. The number of H-pyrrole nitrogens is 1. The summed E-state index contributed by atoms with van der Waals surface area (Å²) in [4.78, 5) is 33.5. The molecular weight excluding hydrogens is 380 g/mol. The molecule has 160 valence electrons. The Hall–Kier alpha value is -3.13. The van der Waals surface area contributed by atoms with Crippen molar-refractivity contribution in [2.75, 3.05) is 37.3 Å². The zero-order valence-corrected chi connectivity index (χ0v) is 17.7. The molecule has 1 fully saturated rings. The second-order valence-electron chi connectivity index (χ2n) is 7.69. The lowest BCUT2D eigenvalue weighted by Gasteiger charge is -2.16. The Bertz CT molecular complexity index is 953. The number of carbonyl (C=O) groups excluding carboxylic acids is 1. The predicted octanol–water partition coefficient (Wildman–Crippen LogP) is 2.05. The monoisotopic (exact) mass is 410 g/mol. The first-order valence-electron chi connectivity index (χ1n) is 10.3. The van der Waals surface area contributed by atoms with E-state index < -0.39 is 0 Å². The number of amides is 1. The highest BCUT2D eigenvalue weighted by molar-refractivity contribution is 5.87. The molecule has 3 rings (SSSR count). The van der Waals surface area contributed by atoms with Gasteiger partial charge in [0.2, 0.25) is 5.91 Å². The molecule has 8 nitrogen and oxygen atoms in total. The van der Waals surface area contributed by atoms with Crippen molar-refractivity contribution < 1.29 is 4.79 Å². The molecule has 30 heavy (non-hydrogen) atoms. The molecule has 2 aromatic rings. The Morgan fingerprint density at radius 3 is 2.97 bits per heavy atom. The number of likely N-dealkylation sites (tertiary alicyclic amines) is 1. The Balaban J connectivity index is 1.63. The standard InChI is InChI=1S/C22H30N6O2/c1-15(2)24-8-4-5-21(29)28-10-7-18(14-28)27-19-11-17(13-26-22(19)30)16-6-9-25-20(12-16)23-3/h4-6,9,11-13,15,18,24,27H,7-8,10,14H2,1-3H3,(H,23,25)(H,26,30)/b5-4+/t18-/m1/s1. The summed E-state index contributed by atoms with van der Waals surface area (Å²) in [5.41, 5.74) is 2.18. The molecule has 8 heteroatoms. The van der Waals surface area contributed by atoms with Crippen LogP contribution in [0.2, 0.25) is 0 Å². The lowest BCUT2D eigenvalue weighted by molar-refractivity contribution is -0.125. The van der Waals surface area contributed by atoms with Crippen LogP contribution in [-0.2, 0) is 4.79 Å². The Kier molecular flexibility index (Phi) is 7.24. The highest BCUT2D eigenvalue weighted by atomic mass is 16.2. The zero-order valence-electron chi connectivity index (χ0n) is 17.7. The van der Waals surface area contributed by atoms with Gasteiger partial charge in [0.1, 0.15) is 11.5 Å². The van der Waals surface area contributed by atoms with Crippen LogP contribution in [0, 0.1) is 0 Å². The van der Waals surface area contributed by atoms with Crippen molar-refractivity contribution in [2.24, 2.45) is 0 Å². The largest absolute Gasteiger partial charge is 0.376 e. The fourth-order valence-electron chi connectivity index (χ4n) is 3.37. The number of anilines is 2. The van der Waals surface area contributed by atoms with Crippen LogP contribution in [0.1, 0.15) is 20.3 Å². The van der Waals surface area contributed by atoms with Gasteiger partial charge in [0.15, 0.2) is 0 Å². The molecule has 0 radical (unpaired) electrons. The summed E-state index contributed by atoms with van der Waals surface area (Å²) in [6.45, 7) is 6.05. The van der Waals surface area contributed by atoms with Gasteiger partial charge in [-0.2, -0.15) is 0 Å². The van der Waals surface area contributed by atoms with Gasteiger partial charge in [-0.1, -0.05) is 19.9 Å². The molecule has 1 saturated heterocycles. The number of pyridine rings is 2. The van der Waals surface area contributed by atoms with E-state index in [1.807, 2.05) is 36.2 Å². The maximum Gasteiger partial charge on any atom is 0.271 e. The normalized spacial score (nSPS) is 16.4. The van der Waals surface area contributed by atoms with Gasteiger partial charge in [-0.05, 0) is 30.2 Å². The number of carbonyl (C=O) groups is 1. The van der Waals surface area contributed by atoms with E-state index in [2.05, 4.69) is 39.8 Å². The lowest BCUT2D eigenvalue weighted by Crippen LogP contribution is -2.31. The van der Waals surface area contributed by atoms with E-state index in [1.165, 1.54) is 0 Å². The third kappa shape index (κ3) is 5.70. The molecular formula is C22H30N6O2. The first-order chi connectivity index (χ1) is 14.5. The molecule has 1 aliphatic rings. The van der Waals surface area contributed by atoms with Gasteiger partial charge < -0.3 is 25.8 Å². The van der Waals surface area contributed by atoms with Crippen LogP contribution < -0.4 is 21.5 Å². The number of aromatic nitrogens is 2. The number of rotatable bonds is 8. The van der Waals surface area contributed by atoms with Crippen LogP contribution in [0.3, 0.4) is 0 Å². The van der Waals surface area contributed by atoms with E-state index in [0.717, 1.165) is 23.4 Å². The summed E-state index contributed by atoms with van der Waals surface area (Å²) < 4.78 is 0. The van der Waals surface area contributed by atoms with Gasteiger partial charge in [0.05, 0.1) is 0 Å². The Morgan fingerprint density at radius 1 is 1.37 bits per heavy atom. The fourth-order valence-corrected chi connectivity index (χ4v) is 3.37. The smallest absolute Gasteiger partial charge is 0.271 e. The summed E-state index contributed by atoms with van der Waals surface area (Å²) in [6, 6.07) is 6.09. The minimum Gasteiger partial charge on any atom is -0.376 e. The van der Waals surface area contributed by atoms with E-state index in [-0.39, 0.29) is 17.5 Å². The molecule has 0 saturated carbocycles. The molecule has 4 N–H and O–H groups in total. The minimum atomic E-state index is -0.175. The lowest BCUT2D eigenvalue weighted by atomic mass is 10.1. The van der Waals surface area contributed by atoms with E-state index in [0.29, 0.717) is 31.4 Å². The van der Waals surface area contributed by atoms with Crippen molar-refractivity contribution in [3.8, 4) is 11.1 Å². The number of nitrogens with zero attached hydrogens (tertiary/aromatic N) is 2. The van der Waals surface area contributed by atoms with Crippen LogP contribution in [0.15, 0.2) is 47.5 Å². The van der Waals surface area contributed by atoms with E-state index in [4.69, 9.17) is 0 Å².